The Morgan fingerprint density at radius 1 is 0.848 bits per heavy atom. The van der Waals surface area contributed by atoms with Crippen molar-refractivity contribution in [2.45, 2.75) is 56.8 Å². The van der Waals surface area contributed by atoms with Crippen molar-refractivity contribution < 1.29 is 14.4 Å². The Morgan fingerprint density at radius 2 is 1.39 bits per heavy atom. The molecule has 2 aromatic rings. The highest BCUT2D eigenvalue weighted by Gasteiger charge is 2.51. The molecule has 5 aliphatic rings. The molecule has 0 unspecified atom stereocenters. The number of carbonyl (C=O) groups excluding carboxylic acids is 3. The second-order valence-corrected chi connectivity index (χ2v) is 10.7. The summed E-state index contributed by atoms with van der Waals surface area (Å²) in [6, 6.07) is 15.4. The van der Waals surface area contributed by atoms with Crippen molar-refractivity contribution in [3.63, 3.8) is 0 Å². The Kier molecular flexibility index (Phi) is 4.89. The van der Waals surface area contributed by atoms with Gasteiger partial charge in [-0.25, -0.2) is 0 Å². The average molecular weight is 443 g/mol. The summed E-state index contributed by atoms with van der Waals surface area (Å²) < 4.78 is 0. The average Bonchev–Trinajstić information content (AvgIpc) is 3.04. The highest BCUT2D eigenvalue weighted by Crippen LogP contribution is 2.60. The third kappa shape index (κ3) is 3.58. The molecule has 4 fully saturated rings. The van der Waals surface area contributed by atoms with Gasteiger partial charge < -0.3 is 5.32 Å². The van der Waals surface area contributed by atoms with Crippen LogP contribution in [0.4, 0.5) is 5.69 Å². The van der Waals surface area contributed by atoms with E-state index in [1.807, 2.05) is 12.1 Å². The molecule has 0 radical (unpaired) electrons. The first kappa shape index (κ1) is 20.6. The van der Waals surface area contributed by atoms with Gasteiger partial charge in [-0.2, -0.15) is 0 Å². The molecule has 4 aliphatic carbocycles. The molecule has 4 bridgehead atoms. The maximum atomic E-state index is 12.5. The van der Waals surface area contributed by atoms with Crippen molar-refractivity contribution in [3.05, 3.63) is 65.2 Å². The highest BCUT2D eigenvalue weighted by atomic mass is 16.2. The van der Waals surface area contributed by atoms with Gasteiger partial charge >= 0.3 is 0 Å². The molecule has 0 saturated heterocycles. The number of hydrogen-bond acceptors (Lipinski definition) is 3. The Balaban J connectivity index is 1.03. The van der Waals surface area contributed by atoms with E-state index in [0.717, 1.165) is 23.4 Å². The fourth-order valence-corrected chi connectivity index (χ4v) is 7.43. The number of amides is 3. The van der Waals surface area contributed by atoms with Crippen LogP contribution in [0, 0.1) is 17.8 Å². The van der Waals surface area contributed by atoms with Gasteiger partial charge in [0.25, 0.3) is 11.8 Å². The fourth-order valence-electron chi connectivity index (χ4n) is 7.43. The van der Waals surface area contributed by atoms with Crippen LogP contribution < -0.4 is 5.32 Å². The minimum atomic E-state index is -0.267. The Morgan fingerprint density at radius 3 is 1.94 bits per heavy atom. The Bertz CT molecular complexity index is 1050. The molecular weight excluding hydrogens is 412 g/mol. The van der Waals surface area contributed by atoms with E-state index in [-0.39, 0.29) is 30.7 Å². The van der Waals surface area contributed by atoms with Gasteiger partial charge in [-0.1, -0.05) is 24.3 Å². The molecule has 0 aromatic heterocycles. The van der Waals surface area contributed by atoms with Crippen LogP contribution in [-0.2, 0) is 10.2 Å². The van der Waals surface area contributed by atoms with Crippen LogP contribution in [0.1, 0.15) is 77.6 Å². The molecular formula is C28H30N2O3. The predicted octanol–water partition coefficient (Wildman–Crippen LogP) is 5.17. The van der Waals surface area contributed by atoms with E-state index < -0.39 is 0 Å². The molecule has 33 heavy (non-hydrogen) atoms. The number of fused-ring (bicyclic) bond motifs is 1. The van der Waals surface area contributed by atoms with Crippen molar-refractivity contribution in [1.82, 2.24) is 4.90 Å². The van der Waals surface area contributed by atoms with E-state index in [9.17, 15) is 14.4 Å². The summed E-state index contributed by atoms with van der Waals surface area (Å²) in [6.07, 6.45) is 9.04. The van der Waals surface area contributed by atoms with Crippen LogP contribution in [0.5, 0.6) is 0 Å². The molecule has 1 aliphatic heterocycles. The minimum absolute atomic E-state index is 0.0887. The second-order valence-electron chi connectivity index (χ2n) is 10.7. The molecule has 5 heteroatoms. The lowest BCUT2D eigenvalue weighted by molar-refractivity contribution is -0.116. The number of rotatable bonds is 6. The second kappa shape index (κ2) is 7.82. The zero-order valence-electron chi connectivity index (χ0n) is 18.9. The first-order valence-corrected chi connectivity index (χ1v) is 12.4. The van der Waals surface area contributed by atoms with Gasteiger partial charge in [-0.05, 0) is 97.9 Å². The van der Waals surface area contributed by atoms with E-state index in [4.69, 9.17) is 0 Å². The van der Waals surface area contributed by atoms with Gasteiger partial charge in [0.2, 0.25) is 5.91 Å². The van der Waals surface area contributed by atoms with Crippen LogP contribution in [0.15, 0.2) is 48.5 Å². The number of carbonyl (C=O) groups is 3. The summed E-state index contributed by atoms with van der Waals surface area (Å²) in [5.41, 5.74) is 3.53. The smallest absolute Gasteiger partial charge is 0.261 e. The third-order valence-electron chi connectivity index (χ3n) is 8.48. The van der Waals surface area contributed by atoms with E-state index >= 15 is 0 Å². The van der Waals surface area contributed by atoms with Gasteiger partial charge in [-0.15, -0.1) is 0 Å². The summed E-state index contributed by atoms with van der Waals surface area (Å²) in [5.74, 6) is 2.12. The van der Waals surface area contributed by atoms with Gasteiger partial charge in [-0.3, -0.25) is 19.3 Å². The van der Waals surface area contributed by atoms with E-state index in [1.54, 1.807) is 24.3 Å². The topological polar surface area (TPSA) is 66.5 Å². The van der Waals surface area contributed by atoms with Crippen LogP contribution >= 0.6 is 0 Å². The third-order valence-corrected chi connectivity index (χ3v) is 8.48. The molecule has 170 valence electrons. The van der Waals surface area contributed by atoms with Crippen molar-refractivity contribution >= 4 is 23.4 Å². The lowest BCUT2D eigenvalue weighted by Crippen LogP contribution is -2.48. The molecule has 2 aromatic carbocycles. The Labute approximate surface area is 194 Å². The van der Waals surface area contributed by atoms with Gasteiger partial charge in [0.1, 0.15) is 0 Å². The number of imide groups is 1. The van der Waals surface area contributed by atoms with Crippen LogP contribution in [0.2, 0.25) is 0 Å². The lowest BCUT2D eigenvalue weighted by Gasteiger charge is -2.57. The van der Waals surface area contributed by atoms with E-state index in [2.05, 4.69) is 17.4 Å². The molecule has 3 amide bonds. The number of nitrogens with one attached hydrogen (secondary N) is 1. The summed E-state index contributed by atoms with van der Waals surface area (Å²) in [7, 11) is 0. The Hall–Kier alpha value is -2.95. The van der Waals surface area contributed by atoms with Gasteiger partial charge in [0, 0.05) is 18.7 Å². The van der Waals surface area contributed by atoms with Gasteiger partial charge in [0.05, 0.1) is 11.1 Å². The number of nitrogens with zero attached hydrogens (tertiary/aromatic N) is 1. The van der Waals surface area contributed by atoms with E-state index in [1.165, 1.54) is 49.0 Å². The standard InChI is InChI=1S/C28H30N2O3/c31-25(6-3-11-30-26(32)23-4-1-2-5-24(23)27(30)33)29-22-9-7-21(8-10-22)28-15-18-12-19(16-28)14-20(13-18)17-28/h1-2,4-5,7-10,18-20H,3,6,11-17H2,(H,29,31). The van der Waals surface area contributed by atoms with Crippen LogP contribution in [-0.4, -0.2) is 29.2 Å². The summed E-state index contributed by atoms with van der Waals surface area (Å²) in [6.45, 7) is 0.255. The normalized spacial score (nSPS) is 29.5. The number of anilines is 1. The maximum Gasteiger partial charge on any atom is 0.261 e. The fraction of sp³-hybridized carbons (Fsp3) is 0.464. The molecule has 7 rings (SSSR count). The monoisotopic (exact) mass is 442 g/mol. The zero-order valence-corrected chi connectivity index (χ0v) is 18.9. The maximum absolute atomic E-state index is 12.5. The molecule has 1 N–H and O–H groups in total. The quantitative estimate of drug-likeness (QED) is 0.628. The van der Waals surface area contributed by atoms with Crippen molar-refractivity contribution in [3.8, 4) is 0 Å². The number of benzene rings is 2. The molecule has 4 saturated carbocycles. The van der Waals surface area contributed by atoms with Crippen molar-refractivity contribution in [2.24, 2.45) is 17.8 Å². The lowest BCUT2D eigenvalue weighted by atomic mass is 9.48. The molecule has 0 atom stereocenters. The summed E-state index contributed by atoms with van der Waals surface area (Å²) in [4.78, 5) is 38.6. The van der Waals surface area contributed by atoms with Crippen LogP contribution in [0.25, 0.3) is 0 Å². The molecule has 0 spiro atoms. The first-order chi connectivity index (χ1) is 16.0. The first-order valence-electron chi connectivity index (χ1n) is 12.4. The molecule has 5 nitrogen and oxygen atoms in total. The van der Waals surface area contributed by atoms with Crippen LogP contribution in [0.3, 0.4) is 0 Å². The highest BCUT2D eigenvalue weighted by molar-refractivity contribution is 6.21. The number of hydrogen-bond donors (Lipinski definition) is 1. The largest absolute Gasteiger partial charge is 0.326 e. The zero-order chi connectivity index (χ0) is 22.6. The predicted molar refractivity (Wildman–Crippen MR) is 126 cm³/mol. The summed E-state index contributed by atoms with van der Waals surface area (Å²) in [5, 5.41) is 2.98. The van der Waals surface area contributed by atoms with E-state index in [0.29, 0.717) is 23.0 Å². The minimum Gasteiger partial charge on any atom is -0.326 e. The SMILES string of the molecule is O=C(CCCN1C(=O)c2ccccc2C1=O)Nc1ccc(C23CC4CC(CC(C4)C2)C3)cc1. The molecule has 1 heterocycles. The van der Waals surface area contributed by atoms with Gasteiger partial charge in [0.15, 0.2) is 0 Å². The van der Waals surface area contributed by atoms with Crippen molar-refractivity contribution in [1.29, 1.82) is 0 Å². The summed E-state index contributed by atoms with van der Waals surface area (Å²) >= 11 is 0. The van der Waals surface area contributed by atoms with Crippen molar-refractivity contribution in [2.75, 3.05) is 11.9 Å².